The van der Waals surface area contributed by atoms with Crippen LogP contribution in [-0.4, -0.2) is 34.9 Å². The molecule has 7 nitrogen and oxygen atoms in total. The van der Waals surface area contributed by atoms with Crippen LogP contribution in [0.15, 0.2) is 60.8 Å². The van der Waals surface area contributed by atoms with Crippen LogP contribution in [0.5, 0.6) is 0 Å². The maximum Gasteiger partial charge on any atom is 0.358 e. The van der Waals surface area contributed by atoms with Gasteiger partial charge in [-0.05, 0) is 61.4 Å². The molecule has 1 aromatic heterocycles. The van der Waals surface area contributed by atoms with Gasteiger partial charge in [-0.2, -0.15) is 5.10 Å². The molecule has 0 aliphatic carbocycles. The minimum absolute atomic E-state index is 0.231. The molecule has 8 heteroatoms. The number of urea groups is 1. The van der Waals surface area contributed by atoms with Crippen molar-refractivity contribution in [2.24, 2.45) is 0 Å². The van der Waals surface area contributed by atoms with Crippen LogP contribution in [0, 0.1) is 5.82 Å². The minimum Gasteiger partial charge on any atom is -0.461 e. The lowest BCUT2D eigenvalue weighted by Crippen LogP contribution is -2.30. The van der Waals surface area contributed by atoms with Gasteiger partial charge in [-0.1, -0.05) is 12.1 Å². The lowest BCUT2D eigenvalue weighted by atomic mass is 10.1. The van der Waals surface area contributed by atoms with E-state index in [1.165, 1.54) is 12.1 Å². The average Bonchev–Trinajstić information content (AvgIpc) is 3.21. The molecule has 0 saturated heterocycles. The third kappa shape index (κ3) is 5.65. The molecule has 0 aliphatic heterocycles. The second-order valence-electron chi connectivity index (χ2n) is 6.17. The number of nitrogens with zero attached hydrogens (tertiary/aromatic N) is 2. The Bertz CT molecular complexity index is 968. The van der Waals surface area contributed by atoms with Crippen LogP contribution >= 0.6 is 0 Å². The van der Waals surface area contributed by atoms with Gasteiger partial charge in [0.1, 0.15) is 5.82 Å². The van der Waals surface area contributed by atoms with E-state index < -0.39 is 5.97 Å². The first-order chi connectivity index (χ1) is 14.0. The van der Waals surface area contributed by atoms with E-state index in [0.717, 1.165) is 11.3 Å². The summed E-state index contributed by atoms with van der Waals surface area (Å²) >= 11 is 0. The van der Waals surface area contributed by atoms with Crippen molar-refractivity contribution in [1.29, 1.82) is 0 Å². The summed E-state index contributed by atoms with van der Waals surface area (Å²) in [6.07, 6.45) is 2.27. The molecule has 1 heterocycles. The summed E-state index contributed by atoms with van der Waals surface area (Å²) in [6.45, 7) is 2.46. The molecule has 29 heavy (non-hydrogen) atoms. The third-order valence-electron chi connectivity index (χ3n) is 4.08. The van der Waals surface area contributed by atoms with Crippen LogP contribution in [0.1, 0.15) is 23.0 Å². The fourth-order valence-electron chi connectivity index (χ4n) is 2.63. The normalized spacial score (nSPS) is 10.4. The van der Waals surface area contributed by atoms with E-state index in [0.29, 0.717) is 18.7 Å². The lowest BCUT2D eigenvalue weighted by Gasteiger charge is -2.09. The van der Waals surface area contributed by atoms with E-state index in [1.807, 2.05) is 0 Å². The van der Waals surface area contributed by atoms with Crippen LogP contribution in [-0.2, 0) is 11.2 Å². The molecule has 0 aliphatic rings. The van der Waals surface area contributed by atoms with Gasteiger partial charge in [0.2, 0.25) is 0 Å². The van der Waals surface area contributed by atoms with Gasteiger partial charge in [0.25, 0.3) is 0 Å². The molecule has 0 radical (unpaired) electrons. The van der Waals surface area contributed by atoms with Crippen molar-refractivity contribution in [1.82, 2.24) is 15.1 Å². The number of amides is 2. The number of esters is 1. The van der Waals surface area contributed by atoms with E-state index in [9.17, 15) is 14.0 Å². The second kappa shape index (κ2) is 9.50. The van der Waals surface area contributed by atoms with Crippen molar-refractivity contribution in [3.63, 3.8) is 0 Å². The Morgan fingerprint density at radius 1 is 1.07 bits per heavy atom. The summed E-state index contributed by atoms with van der Waals surface area (Å²) in [4.78, 5) is 23.7. The summed E-state index contributed by atoms with van der Waals surface area (Å²) in [7, 11) is 0. The summed E-state index contributed by atoms with van der Waals surface area (Å²) < 4.78 is 19.4. The van der Waals surface area contributed by atoms with Crippen LogP contribution < -0.4 is 10.6 Å². The van der Waals surface area contributed by atoms with Gasteiger partial charge < -0.3 is 15.4 Å². The van der Waals surface area contributed by atoms with Crippen molar-refractivity contribution in [3.05, 3.63) is 77.9 Å². The van der Waals surface area contributed by atoms with E-state index in [2.05, 4.69) is 15.7 Å². The summed E-state index contributed by atoms with van der Waals surface area (Å²) in [5.41, 5.74) is 2.53. The maximum absolute atomic E-state index is 12.9. The molecule has 2 amide bonds. The van der Waals surface area contributed by atoms with Gasteiger partial charge >= 0.3 is 12.0 Å². The predicted octanol–water partition coefficient (Wildman–Crippen LogP) is 3.55. The van der Waals surface area contributed by atoms with Gasteiger partial charge in [-0.3, -0.25) is 0 Å². The van der Waals surface area contributed by atoms with Crippen LogP contribution in [0.2, 0.25) is 0 Å². The minimum atomic E-state index is -0.471. The molecular weight excluding hydrogens is 375 g/mol. The lowest BCUT2D eigenvalue weighted by molar-refractivity contribution is 0.0519. The Morgan fingerprint density at radius 2 is 1.79 bits per heavy atom. The monoisotopic (exact) mass is 396 g/mol. The number of benzene rings is 2. The SMILES string of the molecule is CCOC(=O)c1ccn(-c2ccc(NC(=O)NCCc3ccc(F)cc3)cc2)n1. The zero-order valence-electron chi connectivity index (χ0n) is 15.9. The molecule has 3 aromatic rings. The Morgan fingerprint density at radius 3 is 2.48 bits per heavy atom. The van der Waals surface area contributed by atoms with E-state index >= 15 is 0 Å². The van der Waals surface area contributed by atoms with Gasteiger partial charge in [-0.25, -0.2) is 18.7 Å². The predicted molar refractivity (Wildman–Crippen MR) is 107 cm³/mol. The first kappa shape index (κ1) is 20.1. The van der Waals surface area contributed by atoms with Gasteiger partial charge in [-0.15, -0.1) is 0 Å². The van der Waals surface area contributed by atoms with Crippen LogP contribution in [0.4, 0.5) is 14.9 Å². The van der Waals surface area contributed by atoms with Crippen molar-refractivity contribution in [2.45, 2.75) is 13.3 Å². The molecule has 2 N–H and O–H groups in total. The largest absolute Gasteiger partial charge is 0.461 e. The second-order valence-corrected chi connectivity index (χ2v) is 6.17. The van der Waals surface area contributed by atoms with Crippen molar-refractivity contribution >= 4 is 17.7 Å². The number of anilines is 1. The molecule has 150 valence electrons. The highest BCUT2D eigenvalue weighted by Crippen LogP contribution is 2.13. The van der Waals surface area contributed by atoms with Gasteiger partial charge in [0.05, 0.1) is 12.3 Å². The Labute approximate surface area is 167 Å². The fourth-order valence-corrected chi connectivity index (χ4v) is 2.63. The van der Waals surface area contributed by atoms with E-state index in [1.54, 1.807) is 60.3 Å². The smallest absolute Gasteiger partial charge is 0.358 e. The highest BCUT2D eigenvalue weighted by Gasteiger charge is 2.11. The van der Waals surface area contributed by atoms with Crippen molar-refractivity contribution in [2.75, 3.05) is 18.5 Å². The third-order valence-corrected chi connectivity index (χ3v) is 4.08. The van der Waals surface area contributed by atoms with Crippen LogP contribution in [0.3, 0.4) is 0 Å². The molecule has 3 rings (SSSR count). The number of hydrogen-bond donors (Lipinski definition) is 2. The molecule has 0 unspecified atom stereocenters. The van der Waals surface area contributed by atoms with Crippen molar-refractivity contribution < 1.29 is 18.7 Å². The molecule has 0 spiro atoms. The molecular formula is C21H21FN4O3. The Hall–Kier alpha value is -3.68. The van der Waals surface area contributed by atoms with Gasteiger partial charge in [0, 0.05) is 18.4 Å². The van der Waals surface area contributed by atoms with E-state index in [-0.39, 0.29) is 24.1 Å². The van der Waals surface area contributed by atoms with E-state index in [4.69, 9.17) is 4.74 Å². The number of carbonyl (C=O) groups is 2. The number of aromatic nitrogens is 2. The Kier molecular flexibility index (Phi) is 6.57. The summed E-state index contributed by atoms with van der Waals surface area (Å²) in [6, 6.07) is 14.4. The maximum atomic E-state index is 12.9. The Balaban J connectivity index is 1.50. The first-order valence-electron chi connectivity index (χ1n) is 9.17. The zero-order chi connectivity index (χ0) is 20.6. The molecule has 0 saturated carbocycles. The number of rotatable bonds is 7. The zero-order valence-corrected chi connectivity index (χ0v) is 15.9. The highest BCUT2D eigenvalue weighted by molar-refractivity contribution is 5.89. The highest BCUT2D eigenvalue weighted by atomic mass is 19.1. The van der Waals surface area contributed by atoms with Gasteiger partial charge in [0.15, 0.2) is 5.69 Å². The number of carbonyl (C=O) groups excluding carboxylic acids is 2. The quantitative estimate of drug-likeness (QED) is 0.598. The number of ether oxygens (including phenoxy) is 1. The number of hydrogen-bond acceptors (Lipinski definition) is 4. The average molecular weight is 396 g/mol. The molecule has 2 aromatic carbocycles. The summed E-state index contributed by atoms with van der Waals surface area (Å²) in [5, 5.41) is 9.68. The fraction of sp³-hybridized carbons (Fsp3) is 0.190. The number of nitrogens with one attached hydrogen (secondary N) is 2. The number of halogens is 1. The van der Waals surface area contributed by atoms with Crippen molar-refractivity contribution in [3.8, 4) is 5.69 Å². The molecule has 0 fully saturated rings. The standard InChI is InChI=1S/C21H21FN4O3/c1-2-29-20(27)19-12-14-26(25-19)18-9-7-17(8-10-18)24-21(28)23-13-11-15-3-5-16(22)6-4-15/h3-10,12,14H,2,11,13H2,1H3,(H2,23,24,28). The first-order valence-corrected chi connectivity index (χ1v) is 9.17. The summed E-state index contributed by atoms with van der Waals surface area (Å²) in [5.74, 6) is -0.753. The molecule has 0 bridgehead atoms. The van der Waals surface area contributed by atoms with Crippen LogP contribution in [0.25, 0.3) is 5.69 Å². The topological polar surface area (TPSA) is 85.2 Å². The molecule has 0 atom stereocenters.